The van der Waals surface area contributed by atoms with Gasteiger partial charge in [0.1, 0.15) is 5.02 Å². The van der Waals surface area contributed by atoms with Crippen LogP contribution in [-0.2, 0) is 0 Å². The van der Waals surface area contributed by atoms with Gasteiger partial charge in [-0.3, -0.25) is 4.84 Å². The van der Waals surface area contributed by atoms with Gasteiger partial charge < -0.3 is 5.21 Å². The number of carbonyl (C=O) groups is 1. The minimum atomic E-state index is -1.84. The minimum absolute atomic E-state index is 0.00349. The zero-order chi connectivity index (χ0) is 10.8. The van der Waals surface area contributed by atoms with Crippen molar-refractivity contribution in [2.24, 2.45) is 10.1 Å². The SMILES string of the molecule is O=C1N=c2c3c(Cl)c(Cl)cc2=N[N+]1([O-])O3. The van der Waals surface area contributed by atoms with Gasteiger partial charge in [-0.1, -0.05) is 23.2 Å². The molecule has 15 heavy (non-hydrogen) atoms. The predicted octanol–water partition coefficient (Wildman–Crippen LogP) is 0.903. The number of amides is 2. The maximum atomic E-state index is 11.6. The van der Waals surface area contributed by atoms with E-state index in [9.17, 15) is 10.0 Å². The lowest BCUT2D eigenvalue weighted by Crippen LogP contribution is -2.57. The fourth-order valence-electron chi connectivity index (χ4n) is 1.37. The Morgan fingerprint density at radius 1 is 1.47 bits per heavy atom. The highest BCUT2D eigenvalue weighted by Crippen LogP contribution is 2.32. The molecule has 6 nitrogen and oxygen atoms in total. The van der Waals surface area contributed by atoms with Crippen LogP contribution in [0, 0.1) is 5.21 Å². The average molecular weight is 246 g/mol. The molecule has 1 atom stereocenters. The number of benzene rings is 1. The van der Waals surface area contributed by atoms with E-state index in [0.29, 0.717) is 0 Å². The molecule has 76 valence electrons. The summed E-state index contributed by atoms with van der Waals surface area (Å²) < 4.78 is 0. The van der Waals surface area contributed by atoms with Crippen molar-refractivity contribution in [3.63, 3.8) is 0 Å². The van der Waals surface area contributed by atoms with Gasteiger partial charge in [0.2, 0.25) is 5.75 Å². The van der Waals surface area contributed by atoms with Crippen LogP contribution in [0.5, 0.6) is 5.75 Å². The van der Waals surface area contributed by atoms with Crippen molar-refractivity contribution in [2.75, 3.05) is 0 Å². The van der Waals surface area contributed by atoms with Crippen LogP contribution in [0.3, 0.4) is 0 Å². The number of halogens is 2. The van der Waals surface area contributed by atoms with Gasteiger partial charge in [0.05, 0.1) is 5.02 Å². The third kappa shape index (κ3) is 0.990. The van der Waals surface area contributed by atoms with E-state index < -0.39 is 10.9 Å². The van der Waals surface area contributed by atoms with Gasteiger partial charge in [-0.15, -0.1) is 4.99 Å². The first-order valence-corrected chi connectivity index (χ1v) is 4.58. The molecule has 4 bridgehead atoms. The molecule has 1 unspecified atom stereocenters. The van der Waals surface area contributed by atoms with E-state index in [4.69, 9.17) is 28.0 Å². The van der Waals surface area contributed by atoms with E-state index in [2.05, 4.69) is 10.1 Å². The summed E-state index contributed by atoms with van der Waals surface area (Å²) in [4.78, 5) is 17.6. The van der Waals surface area contributed by atoms with Crippen molar-refractivity contribution in [3.05, 3.63) is 32.0 Å². The predicted molar refractivity (Wildman–Crippen MR) is 48.4 cm³/mol. The lowest BCUT2D eigenvalue weighted by Gasteiger charge is -2.32. The zero-order valence-electron chi connectivity index (χ0n) is 6.90. The largest absolute Gasteiger partial charge is 0.552 e. The van der Waals surface area contributed by atoms with Gasteiger partial charge in [0, 0.05) is 4.92 Å². The molecule has 0 radical (unpaired) electrons. The zero-order valence-corrected chi connectivity index (χ0v) is 8.41. The van der Waals surface area contributed by atoms with E-state index in [1.807, 2.05) is 0 Å². The molecule has 0 aromatic heterocycles. The molecule has 0 fully saturated rings. The second-order valence-electron chi connectivity index (χ2n) is 2.98. The molecule has 1 aromatic carbocycles. The summed E-state index contributed by atoms with van der Waals surface area (Å²) in [5.74, 6) is 0.00349. The summed E-state index contributed by atoms with van der Waals surface area (Å²) >= 11 is 11.5. The van der Waals surface area contributed by atoms with Crippen molar-refractivity contribution in [2.45, 2.75) is 0 Å². The molecule has 8 heteroatoms. The number of rotatable bonds is 0. The lowest BCUT2D eigenvalue weighted by atomic mass is 10.3. The second-order valence-corrected chi connectivity index (χ2v) is 3.76. The number of nitrogens with zero attached hydrogens (tertiary/aromatic N) is 3. The Hall–Kier alpha value is -1.21. The molecule has 1 aromatic rings. The Balaban J connectivity index is 2.57. The smallest absolute Gasteiger partial charge is 0.514 e. The van der Waals surface area contributed by atoms with Crippen LogP contribution in [0.2, 0.25) is 10.0 Å². The molecule has 2 amide bonds. The summed E-state index contributed by atoms with van der Waals surface area (Å²) in [6, 6.07) is 0.333. The topological polar surface area (TPSA) is 74.1 Å². The normalized spacial score (nSPS) is 25.7. The summed E-state index contributed by atoms with van der Waals surface area (Å²) in [5.41, 5.74) is 0. The molecule has 0 saturated carbocycles. The molecular formula is C7HCl2N3O3. The van der Waals surface area contributed by atoms with E-state index >= 15 is 0 Å². The number of hydroxylamine groups is 2. The van der Waals surface area contributed by atoms with Crippen LogP contribution < -0.4 is 15.6 Å². The van der Waals surface area contributed by atoms with Crippen molar-refractivity contribution < 1.29 is 14.6 Å². The molecular weight excluding hydrogens is 245 g/mol. The van der Waals surface area contributed by atoms with E-state index in [-0.39, 0.29) is 26.5 Å². The number of hydrogen-bond donors (Lipinski definition) is 0. The summed E-state index contributed by atoms with van der Waals surface area (Å²) in [6.07, 6.45) is 0. The monoisotopic (exact) mass is 245 g/mol. The third-order valence-corrected chi connectivity index (χ3v) is 2.80. The van der Waals surface area contributed by atoms with Crippen LogP contribution in [0.1, 0.15) is 0 Å². The van der Waals surface area contributed by atoms with Crippen LogP contribution in [-0.4, -0.2) is 10.9 Å². The quantitative estimate of drug-likeness (QED) is 0.504. The van der Waals surface area contributed by atoms with E-state index in [0.717, 1.165) is 0 Å². The van der Waals surface area contributed by atoms with E-state index in [1.54, 1.807) is 0 Å². The Bertz CT molecular complexity index is 629. The van der Waals surface area contributed by atoms with Crippen LogP contribution in [0.4, 0.5) is 4.79 Å². The van der Waals surface area contributed by atoms with Gasteiger partial charge in [0.15, 0.2) is 10.7 Å². The first-order chi connectivity index (χ1) is 7.01. The third-order valence-electron chi connectivity index (χ3n) is 2.03. The average Bonchev–Trinajstić information content (AvgIpc) is 2.16. The van der Waals surface area contributed by atoms with Gasteiger partial charge in [-0.2, -0.15) is 4.79 Å². The maximum Gasteiger partial charge on any atom is 0.514 e. The first kappa shape index (κ1) is 9.05. The molecule has 3 aliphatic heterocycles. The van der Waals surface area contributed by atoms with Crippen LogP contribution in [0.25, 0.3) is 0 Å². The Labute approximate surface area is 92.1 Å². The number of quaternary nitrogens is 1. The molecule has 0 saturated heterocycles. The second kappa shape index (κ2) is 2.48. The fourth-order valence-corrected chi connectivity index (χ4v) is 1.74. The Morgan fingerprint density at radius 3 is 2.87 bits per heavy atom. The van der Waals surface area contributed by atoms with Crippen molar-refractivity contribution in [1.29, 1.82) is 0 Å². The Morgan fingerprint density at radius 2 is 2.20 bits per heavy atom. The lowest BCUT2D eigenvalue weighted by molar-refractivity contribution is -0.982. The molecule has 0 N–H and O–H groups in total. The number of urea groups is 1. The summed E-state index contributed by atoms with van der Waals surface area (Å²) in [7, 11) is 0. The highest BCUT2D eigenvalue weighted by Gasteiger charge is 2.42. The highest BCUT2D eigenvalue weighted by atomic mass is 35.5. The van der Waals surface area contributed by atoms with Gasteiger partial charge >= 0.3 is 6.03 Å². The maximum absolute atomic E-state index is 11.6. The molecule has 4 rings (SSSR count). The molecule has 0 aliphatic carbocycles. The summed E-state index contributed by atoms with van der Waals surface area (Å²) in [6.45, 7) is 0. The highest BCUT2D eigenvalue weighted by molar-refractivity contribution is 6.42. The van der Waals surface area contributed by atoms with E-state index in [1.165, 1.54) is 6.07 Å². The number of hydrogen-bond acceptors (Lipinski definition) is 4. The number of carbonyl (C=O) groups excluding carboxylic acids is 1. The standard InChI is InChI=1S/C7HCl2N3O3/c8-2-1-3-5-6(4(2)9)15-12(14,11-3)7(13)10-5/h1H. The Kier molecular flexibility index (Phi) is 1.49. The van der Waals surface area contributed by atoms with Gasteiger partial charge in [-0.25, -0.2) is 0 Å². The first-order valence-electron chi connectivity index (χ1n) is 3.82. The van der Waals surface area contributed by atoms with Crippen molar-refractivity contribution in [1.82, 2.24) is 0 Å². The fraction of sp³-hybridized carbons (Fsp3) is 0. The van der Waals surface area contributed by atoms with Crippen molar-refractivity contribution in [3.8, 4) is 5.75 Å². The molecule has 3 heterocycles. The minimum Gasteiger partial charge on any atom is -0.552 e. The van der Waals surface area contributed by atoms with Gasteiger partial charge in [-0.05, 0) is 11.2 Å². The molecule has 0 spiro atoms. The van der Waals surface area contributed by atoms with Crippen LogP contribution >= 0.6 is 23.2 Å². The van der Waals surface area contributed by atoms with Crippen LogP contribution in [0.15, 0.2) is 16.2 Å². The number of fused-ring (bicyclic) bond motifs is 1. The van der Waals surface area contributed by atoms with Gasteiger partial charge in [0.25, 0.3) is 0 Å². The summed E-state index contributed by atoms with van der Waals surface area (Å²) in [5, 5.41) is 15.8. The molecule has 3 aliphatic rings. The van der Waals surface area contributed by atoms with Crippen molar-refractivity contribution >= 4 is 29.2 Å².